The van der Waals surface area contributed by atoms with Gasteiger partial charge in [0.1, 0.15) is 0 Å². The maximum Gasteiger partial charge on any atom is 0.158 e. The van der Waals surface area contributed by atoms with Gasteiger partial charge in [0.15, 0.2) is 29.5 Å². The van der Waals surface area contributed by atoms with Gasteiger partial charge in [-0.25, -0.2) is 25.3 Å². The van der Waals surface area contributed by atoms with Crippen LogP contribution in [0.5, 0.6) is 0 Å². The normalized spacial score (nSPS) is 19.6. The summed E-state index contributed by atoms with van der Waals surface area (Å²) in [5, 5.41) is 0. The zero-order chi connectivity index (χ0) is 23.7. The summed E-state index contributed by atoms with van der Waals surface area (Å²) < 4.78 is 75.9. The van der Waals surface area contributed by atoms with E-state index < -0.39 is 29.5 Å². The molecule has 4 aliphatic heterocycles. The van der Waals surface area contributed by atoms with Gasteiger partial charge in [0.05, 0.1) is 34.5 Å². The molecule has 0 unspecified atom stereocenters. The van der Waals surface area contributed by atoms with Gasteiger partial charge in [-0.3, -0.25) is 0 Å². The molecule has 6 nitrogen and oxygen atoms in total. The molecule has 0 saturated carbocycles. The standard InChI is InChI=1S/C24H24O6S3/c25-31(26)13-19-1-2-20(4-3-19)14-32(27,28)16-22-9-11-24(12-10-22)18-33(29,30)17-23-7-5-21(15-31)6-8-23/h1-12H,13-18H2. The van der Waals surface area contributed by atoms with Gasteiger partial charge in [-0.1, -0.05) is 72.8 Å². The van der Waals surface area contributed by atoms with Crippen LogP contribution in [0.4, 0.5) is 0 Å². The summed E-state index contributed by atoms with van der Waals surface area (Å²) in [6, 6.07) is 19.8. The third-order valence-corrected chi connectivity index (χ3v) is 10.0. The SMILES string of the molecule is O=S1(=O)Cc2ccc(cc2)CS(=O)(=O)Cc2ccc(cc2)CS(=O)(=O)Cc2ccc(cc2)C1. The van der Waals surface area contributed by atoms with Crippen molar-refractivity contribution in [2.45, 2.75) is 34.5 Å². The van der Waals surface area contributed by atoms with E-state index >= 15 is 0 Å². The van der Waals surface area contributed by atoms with E-state index in [1.807, 2.05) is 0 Å². The Labute approximate surface area is 195 Å². The van der Waals surface area contributed by atoms with Crippen molar-refractivity contribution in [2.75, 3.05) is 0 Å². The molecular weight excluding hydrogens is 480 g/mol. The Bertz CT molecular complexity index is 1180. The Morgan fingerprint density at radius 2 is 0.424 bits per heavy atom. The lowest BCUT2D eigenvalue weighted by molar-refractivity contribution is 0.592. The molecule has 7 rings (SSSR count). The molecule has 3 aromatic carbocycles. The van der Waals surface area contributed by atoms with Gasteiger partial charge in [-0.2, -0.15) is 0 Å². The molecule has 4 heterocycles. The van der Waals surface area contributed by atoms with Gasteiger partial charge in [0.2, 0.25) is 0 Å². The first-order chi connectivity index (χ1) is 15.5. The Morgan fingerprint density at radius 1 is 0.303 bits per heavy atom. The highest BCUT2D eigenvalue weighted by atomic mass is 32.2. The maximum absolute atomic E-state index is 12.6. The number of sulfone groups is 3. The van der Waals surface area contributed by atoms with Crippen LogP contribution in [0.15, 0.2) is 72.8 Å². The molecule has 0 aromatic heterocycles. The van der Waals surface area contributed by atoms with Gasteiger partial charge in [0.25, 0.3) is 0 Å². The zero-order valence-corrected chi connectivity index (χ0v) is 20.3. The average molecular weight is 505 g/mol. The van der Waals surface area contributed by atoms with E-state index in [9.17, 15) is 25.3 Å². The monoisotopic (exact) mass is 504 g/mol. The van der Waals surface area contributed by atoms with Crippen molar-refractivity contribution in [3.63, 3.8) is 0 Å². The molecule has 0 atom stereocenters. The van der Waals surface area contributed by atoms with Gasteiger partial charge in [-0.15, -0.1) is 0 Å². The van der Waals surface area contributed by atoms with E-state index in [0.717, 1.165) is 0 Å². The molecule has 9 heteroatoms. The predicted octanol–water partition coefficient (Wildman–Crippen LogP) is 3.35. The first-order valence-electron chi connectivity index (χ1n) is 10.3. The predicted molar refractivity (Wildman–Crippen MR) is 128 cm³/mol. The molecular formula is C24H24O6S3. The molecule has 4 aliphatic rings. The van der Waals surface area contributed by atoms with Gasteiger partial charge in [0, 0.05) is 0 Å². The summed E-state index contributed by atoms with van der Waals surface area (Å²) in [6.07, 6.45) is 0. The topological polar surface area (TPSA) is 102 Å². The third kappa shape index (κ3) is 6.75. The summed E-state index contributed by atoms with van der Waals surface area (Å²) in [5.41, 5.74) is 3.50. The van der Waals surface area contributed by atoms with E-state index in [2.05, 4.69) is 0 Å². The number of fused-ring (bicyclic) bond motifs is 3. The molecule has 0 saturated heterocycles. The van der Waals surface area contributed by atoms with Crippen LogP contribution in [0.25, 0.3) is 0 Å². The molecule has 6 bridgehead atoms. The number of benzene rings is 3. The molecule has 0 N–H and O–H groups in total. The van der Waals surface area contributed by atoms with E-state index in [-0.39, 0.29) is 34.5 Å². The second-order valence-electron chi connectivity index (χ2n) is 8.55. The third-order valence-electron chi connectivity index (χ3n) is 5.39. The van der Waals surface area contributed by atoms with Crippen molar-refractivity contribution in [1.82, 2.24) is 0 Å². The first-order valence-corrected chi connectivity index (χ1v) is 15.8. The number of hydrogen-bond acceptors (Lipinski definition) is 6. The fraction of sp³-hybridized carbons (Fsp3) is 0.250. The summed E-state index contributed by atoms with van der Waals surface area (Å²) in [4.78, 5) is 0. The minimum atomic E-state index is -3.46. The van der Waals surface area contributed by atoms with Crippen LogP contribution in [0.3, 0.4) is 0 Å². The fourth-order valence-corrected chi connectivity index (χ4v) is 8.38. The van der Waals surface area contributed by atoms with Crippen LogP contribution >= 0.6 is 0 Å². The van der Waals surface area contributed by atoms with E-state index in [1.165, 1.54) is 0 Å². The van der Waals surface area contributed by atoms with Crippen LogP contribution in [-0.4, -0.2) is 25.3 Å². The zero-order valence-electron chi connectivity index (χ0n) is 17.8. The minimum absolute atomic E-state index is 0.164. The summed E-state index contributed by atoms with van der Waals surface area (Å²) in [6.45, 7) is 0. The highest BCUT2D eigenvalue weighted by Gasteiger charge is 2.18. The molecule has 174 valence electrons. The lowest BCUT2D eigenvalue weighted by atomic mass is 10.2. The molecule has 3 aromatic rings. The minimum Gasteiger partial charge on any atom is -0.228 e. The molecule has 0 spiro atoms. The molecule has 0 aliphatic carbocycles. The lowest BCUT2D eigenvalue weighted by Crippen LogP contribution is -2.09. The van der Waals surface area contributed by atoms with Crippen molar-refractivity contribution < 1.29 is 25.3 Å². The fourth-order valence-electron chi connectivity index (χ4n) is 3.87. The van der Waals surface area contributed by atoms with Crippen LogP contribution in [0.1, 0.15) is 33.4 Å². The Balaban J connectivity index is 1.69. The quantitative estimate of drug-likeness (QED) is 0.465. The second kappa shape index (κ2) is 9.04. The van der Waals surface area contributed by atoms with Crippen molar-refractivity contribution in [3.8, 4) is 0 Å². The van der Waals surface area contributed by atoms with Crippen molar-refractivity contribution in [1.29, 1.82) is 0 Å². The number of rotatable bonds is 0. The molecule has 0 radical (unpaired) electrons. The molecule has 33 heavy (non-hydrogen) atoms. The summed E-state index contributed by atoms with van der Waals surface area (Å²) in [5.74, 6) is -0.986. The van der Waals surface area contributed by atoms with Crippen molar-refractivity contribution in [3.05, 3.63) is 106 Å². The first kappa shape index (κ1) is 23.7. The van der Waals surface area contributed by atoms with E-state index in [4.69, 9.17) is 0 Å². The van der Waals surface area contributed by atoms with Crippen molar-refractivity contribution >= 4 is 29.5 Å². The van der Waals surface area contributed by atoms with E-state index in [0.29, 0.717) is 33.4 Å². The maximum atomic E-state index is 12.6. The Hall–Kier alpha value is -2.49. The smallest absolute Gasteiger partial charge is 0.158 e. The highest BCUT2D eigenvalue weighted by Crippen LogP contribution is 2.20. The van der Waals surface area contributed by atoms with E-state index in [1.54, 1.807) is 72.8 Å². The number of hydrogen-bond donors (Lipinski definition) is 0. The Kier molecular flexibility index (Phi) is 6.48. The van der Waals surface area contributed by atoms with Crippen LogP contribution in [0.2, 0.25) is 0 Å². The molecule has 0 amide bonds. The highest BCUT2D eigenvalue weighted by molar-refractivity contribution is 7.90. The van der Waals surface area contributed by atoms with Crippen LogP contribution in [0, 0.1) is 0 Å². The van der Waals surface area contributed by atoms with Gasteiger partial charge in [-0.05, 0) is 33.4 Å². The largest absolute Gasteiger partial charge is 0.228 e. The van der Waals surface area contributed by atoms with Crippen LogP contribution < -0.4 is 0 Å². The van der Waals surface area contributed by atoms with Crippen LogP contribution in [-0.2, 0) is 64.0 Å². The summed E-state index contributed by atoms with van der Waals surface area (Å²) >= 11 is 0. The lowest BCUT2D eigenvalue weighted by Gasteiger charge is -2.08. The second-order valence-corrected chi connectivity index (χ2v) is 14.7. The summed E-state index contributed by atoms with van der Waals surface area (Å²) in [7, 11) is -10.4. The van der Waals surface area contributed by atoms with Crippen molar-refractivity contribution in [2.24, 2.45) is 0 Å². The average Bonchev–Trinajstić information content (AvgIpc) is 2.70. The van der Waals surface area contributed by atoms with Gasteiger partial charge >= 0.3 is 0 Å². The Morgan fingerprint density at radius 3 is 0.545 bits per heavy atom. The van der Waals surface area contributed by atoms with Gasteiger partial charge < -0.3 is 0 Å². The molecule has 0 fully saturated rings.